The molecule has 0 aromatic heterocycles. The molecule has 88 valence electrons. The third-order valence-corrected chi connectivity index (χ3v) is 2.68. The van der Waals surface area contributed by atoms with Crippen LogP contribution in [0.3, 0.4) is 0 Å². The van der Waals surface area contributed by atoms with Crippen molar-refractivity contribution < 1.29 is 9.53 Å². The van der Waals surface area contributed by atoms with Gasteiger partial charge in [0.15, 0.2) is 5.78 Å². The molecule has 0 atom stereocenters. The number of ether oxygens (including phenoxy) is 1. The molecule has 0 spiro atoms. The van der Waals surface area contributed by atoms with Crippen LogP contribution in [0.25, 0.3) is 0 Å². The van der Waals surface area contributed by atoms with E-state index in [2.05, 4.69) is 6.92 Å². The number of carbonyl (C=O) groups is 1. The summed E-state index contributed by atoms with van der Waals surface area (Å²) in [7, 11) is 0. The number of ketones is 1. The number of hydrogen-bond acceptors (Lipinski definition) is 2. The average Bonchev–Trinajstić information content (AvgIpc) is 2.26. The van der Waals surface area contributed by atoms with E-state index in [0.29, 0.717) is 0 Å². The molecule has 0 bridgehead atoms. The molecule has 2 nitrogen and oxygen atoms in total. The van der Waals surface area contributed by atoms with Crippen LogP contribution in [0.2, 0.25) is 0 Å². The molecule has 0 aliphatic carbocycles. The minimum atomic E-state index is 0.0362. The van der Waals surface area contributed by atoms with Gasteiger partial charge >= 0.3 is 0 Å². The van der Waals surface area contributed by atoms with E-state index in [0.717, 1.165) is 23.3 Å². The Hall–Kier alpha value is -1.31. The van der Waals surface area contributed by atoms with Crippen molar-refractivity contribution >= 4 is 5.78 Å². The zero-order chi connectivity index (χ0) is 12.1. The molecule has 0 unspecified atom stereocenters. The summed E-state index contributed by atoms with van der Waals surface area (Å²) in [4.78, 5) is 11.5. The lowest BCUT2D eigenvalue weighted by Crippen LogP contribution is -2.17. The fourth-order valence-corrected chi connectivity index (χ4v) is 1.51. The Morgan fingerprint density at radius 2 is 2.06 bits per heavy atom. The maximum Gasteiger partial charge on any atom is 0.172 e. The van der Waals surface area contributed by atoms with Gasteiger partial charge in [-0.05, 0) is 24.5 Å². The van der Waals surface area contributed by atoms with Crippen molar-refractivity contribution in [3.8, 4) is 5.75 Å². The van der Waals surface area contributed by atoms with Crippen molar-refractivity contribution in [2.24, 2.45) is 5.92 Å². The summed E-state index contributed by atoms with van der Waals surface area (Å²) >= 11 is 0. The van der Waals surface area contributed by atoms with Crippen LogP contribution in [0.15, 0.2) is 18.2 Å². The highest BCUT2D eigenvalue weighted by molar-refractivity contribution is 5.81. The lowest BCUT2D eigenvalue weighted by atomic mass is 10.1. The highest BCUT2D eigenvalue weighted by Gasteiger charge is 2.10. The first-order valence-corrected chi connectivity index (χ1v) is 5.80. The Morgan fingerprint density at radius 1 is 1.38 bits per heavy atom. The third kappa shape index (κ3) is 3.09. The van der Waals surface area contributed by atoms with Gasteiger partial charge < -0.3 is 4.74 Å². The summed E-state index contributed by atoms with van der Waals surface area (Å²) in [5, 5.41) is 0. The number of aryl methyl sites for hydroxylation is 2. The van der Waals surface area contributed by atoms with Gasteiger partial charge in [0.05, 0.1) is 0 Å². The molecular weight excluding hydrogens is 200 g/mol. The van der Waals surface area contributed by atoms with Crippen LogP contribution in [0.1, 0.15) is 31.9 Å². The van der Waals surface area contributed by atoms with Gasteiger partial charge in [-0.25, -0.2) is 0 Å². The highest BCUT2D eigenvalue weighted by Crippen LogP contribution is 2.23. The SMILES string of the molecule is CCc1cccc(C)c1OCC(=O)C(C)C. The van der Waals surface area contributed by atoms with E-state index in [1.165, 1.54) is 0 Å². The van der Waals surface area contributed by atoms with E-state index in [-0.39, 0.29) is 18.3 Å². The lowest BCUT2D eigenvalue weighted by molar-refractivity contribution is -0.123. The molecule has 1 rings (SSSR count). The minimum absolute atomic E-state index is 0.0362. The molecule has 16 heavy (non-hydrogen) atoms. The molecule has 1 aromatic rings. The first-order valence-electron chi connectivity index (χ1n) is 5.80. The predicted molar refractivity (Wildman–Crippen MR) is 65.9 cm³/mol. The lowest BCUT2D eigenvalue weighted by Gasteiger charge is -2.13. The minimum Gasteiger partial charge on any atom is -0.485 e. The Balaban J connectivity index is 2.76. The Labute approximate surface area is 97.6 Å². The summed E-state index contributed by atoms with van der Waals surface area (Å²) in [6.07, 6.45) is 0.923. The topological polar surface area (TPSA) is 26.3 Å². The Bertz CT molecular complexity index is 367. The fourth-order valence-electron chi connectivity index (χ4n) is 1.51. The molecule has 0 amide bonds. The molecule has 2 heteroatoms. The zero-order valence-corrected chi connectivity index (χ0v) is 10.5. The van der Waals surface area contributed by atoms with E-state index in [9.17, 15) is 4.79 Å². The number of hydrogen-bond donors (Lipinski definition) is 0. The first kappa shape index (κ1) is 12.8. The Kier molecular flexibility index (Phi) is 4.53. The normalized spacial score (nSPS) is 10.6. The number of benzene rings is 1. The van der Waals surface area contributed by atoms with Gasteiger partial charge in [0.2, 0.25) is 0 Å². The van der Waals surface area contributed by atoms with Crippen molar-refractivity contribution in [2.45, 2.75) is 34.1 Å². The summed E-state index contributed by atoms with van der Waals surface area (Å²) in [5.74, 6) is 1.05. The van der Waals surface area contributed by atoms with Gasteiger partial charge in [0, 0.05) is 5.92 Å². The number of para-hydroxylation sites is 1. The van der Waals surface area contributed by atoms with E-state index in [1.807, 2.05) is 39.0 Å². The van der Waals surface area contributed by atoms with Crippen molar-refractivity contribution in [3.05, 3.63) is 29.3 Å². The predicted octanol–water partition coefficient (Wildman–Crippen LogP) is 3.16. The second-order valence-corrected chi connectivity index (χ2v) is 4.33. The third-order valence-electron chi connectivity index (χ3n) is 2.68. The van der Waals surface area contributed by atoms with Crippen LogP contribution < -0.4 is 4.74 Å². The second-order valence-electron chi connectivity index (χ2n) is 4.33. The van der Waals surface area contributed by atoms with Crippen LogP contribution in [0.5, 0.6) is 5.75 Å². The van der Waals surface area contributed by atoms with Gasteiger partial charge in [0.1, 0.15) is 12.4 Å². The van der Waals surface area contributed by atoms with E-state index >= 15 is 0 Å². The first-order chi connectivity index (χ1) is 7.56. The number of carbonyl (C=O) groups excluding carboxylic acids is 1. The monoisotopic (exact) mass is 220 g/mol. The molecule has 1 aromatic carbocycles. The molecule has 0 N–H and O–H groups in total. The van der Waals surface area contributed by atoms with Gasteiger partial charge in [-0.15, -0.1) is 0 Å². The maximum atomic E-state index is 11.5. The van der Waals surface area contributed by atoms with E-state index in [1.54, 1.807) is 0 Å². The summed E-state index contributed by atoms with van der Waals surface area (Å²) < 4.78 is 5.63. The molecule has 0 fully saturated rings. The molecule has 0 saturated heterocycles. The number of Topliss-reactive ketones (excluding diaryl/α,β-unsaturated/α-hetero) is 1. The molecular formula is C14H20O2. The summed E-state index contributed by atoms with van der Waals surface area (Å²) in [6, 6.07) is 6.07. The quantitative estimate of drug-likeness (QED) is 0.762. The van der Waals surface area contributed by atoms with Crippen LogP contribution in [-0.2, 0) is 11.2 Å². The second kappa shape index (κ2) is 5.69. The zero-order valence-electron chi connectivity index (χ0n) is 10.5. The average molecular weight is 220 g/mol. The van der Waals surface area contributed by atoms with Crippen LogP contribution in [0, 0.1) is 12.8 Å². The van der Waals surface area contributed by atoms with Crippen LogP contribution >= 0.6 is 0 Å². The smallest absolute Gasteiger partial charge is 0.172 e. The van der Waals surface area contributed by atoms with Crippen LogP contribution in [-0.4, -0.2) is 12.4 Å². The van der Waals surface area contributed by atoms with Crippen molar-refractivity contribution in [1.82, 2.24) is 0 Å². The van der Waals surface area contributed by atoms with Gasteiger partial charge in [-0.1, -0.05) is 39.0 Å². The highest BCUT2D eigenvalue weighted by atomic mass is 16.5. The summed E-state index contributed by atoms with van der Waals surface area (Å²) in [6.45, 7) is 8.06. The largest absolute Gasteiger partial charge is 0.485 e. The summed E-state index contributed by atoms with van der Waals surface area (Å²) in [5.41, 5.74) is 2.26. The van der Waals surface area contributed by atoms with E-state index < -0.39 is 0 Å². The van der Waals surface area contributed by atoms with Crippen molar-refractivity contribution in [3.63, 3.8) is 0 Å². The van der Waals surface area contributed by atoms with Gasteiger partial charge in [-0.2, -0.15) is 0 Å². The standard InChI is InChI=1S/C14H20O2/c1-5-12-8-6-7-11(4)14(12)16-9-13(15)10(2)3/h6-8,10H,5,9H2,1-4H3. The Morgan fingerprint density at radius 3 is 2.62 bits per heavy atom. The van der Waals surface area contributed by atoms with Gasteiger partial charge in [0.25, 0.3) is 0 Å². The van der Waals surface area contributed by atoms with Crippen molar-refractivity contribution in [2.75, 3.05) is 6.61 Å². The number of rotatable bonds is 5. The molecule has 0 aliphatic rings. The molecule has 0 heterocycles. The van der Waals surface area contributed by atoms with Gasteiger partial charge in [-0.3, -0.25) is 4.79 Å². The molecule has 0 radical (unpaired) electrons. The van der Waals surface area contributed by atoms with E-state index in [4.69, 9.17) is 4.74 Å². The van der Waals surface area contributed by atoms with Crippen molar-refractivity contribution in [1.29, 1.82) is 0 Å². The fraction of sp³-hybridized carbons (Fsp3) is 0.500. The van der Waals surface area contributed by atoms with Crippen LogP contribution in [0.4, 0.5) is 0 Å². The molecule has 0 saturated carbocycles. The maximum absolute atomic E-state index is 11.5. The molecule has 0 aliphatic heterocycles.